The predicted molar refractivity (Wildman–Crippen MR) is 110 cm³/mol. The average Bonchev–Trinajstić information content (AvgIpc) is 3.15. The second kappa shape index (κ2) is 7.90. The van der Waals surface area contributed by atoms with Gasteiger partial charge in [0.15, 0.2) is 5.16 Å². The van der Waals surface area contributed by atoms with Crippen LogP contribution in [0.2, 0.25) is 0 Å². The summed E-state index contributed by atoms with van der Waals surface area (Å²) in [6.07, 6.45) is 0. The summed E-state index contributed by atoms with van der Waals surface area (Å²) in [5.74, 6) is 1.76. The molecule has 3 aromatic heterocycles. The molecule has 0 radical (unpaired) electrons. The number of hydrogen-bond donors (Lipinski definition) is 0. The molecule has 0 fully saturated rings. The van der Waals surface area contributed by atoms with Crippen molar-refractivity contribution in [3.63, 3.8) is 0 Å². The number of hydrogen-bond acceptors (Lipinski definition) is 6. The second-order valence-corrected chi connectivity index (χ2v) is 8.60. The van der Waals surface area contributed by atoms with Crippen LogP contribution in [0.1, 0.15) is 28.9 Å². The first kappa shape index (κ1) is 19.7. The van der Waals surface area contributed by atoms with Crippen molar-refractivity contribution in [3.05, 3.63) is 44.4 Å². The molecule has 8 heteroatoms. The standard InChI is InChI=1S/C19H23N3O3S2/c1-6-22-18(24)16-12(3)13(4)27-17(16)20-19(22)26-10-15(23)21(5)9-14-8-7-11(2)25-14/h7-8H,6,9-10H2,1-5H3. The first-order valence-electron chi connectivity index (χ1n) is 8.74. The van der Waals surface area contributed by atoms with Crippen molar-refractivity contribution in [1.82, 2.24) is 14.5 Å². The normalized spacial score (nSPS) is 11.3. The van der Waals surface area contributed by atoms with Crippen LogP contribution in [0.15, 0.2) is 26.5 Å². The molecule has 1 amide bonds. The Labute approximate surface area is 166 Å². The average molecular weight is 406 g/mol. The van der Waals surface area contributed by atoms with Gasteiger partial charge in [-0.15, -0.1) is 11.3 Å². The van der Waals surface area contributed by atoms with Crippen LogP contribution in [-0.2, 0) is 17.9 Å². The van der Waals surface area contributed by atoms with Crippen molar-refractivity contribution < 1.29 is 9.21 Å². The number of amides is 1. The zero-order valence-electron chi connectivity index (χ0n) is 16.2. The van der Waals surface area contributed by atoms with Crippen molar-refractivity contribution in [2.24, 2.45) is 0 Å². The van der Waals surface area contributed by atoms with Gasteiger partial charge >= 0.3 is 0 Å². The van der Waals surface area contributed by atoms with Gasteiger partial charge in [-0.3, -0.25) is 14.2 Å². The van der Waals surface area contributed by atoms with E-state index in [2.05, 4.69) is 4.98 Å². The summed E-state index contributed by atoms with van der Waals surface area (Å²) in [5.41, 5.74) is 0.967. The zero-order valence-corrected chi connectivity index (χ0v) is 17.8. The van der Waals surface area contributed by atoms with Gasteiger partial charge in [-0.25, -0.2) is 4.98 Å². The highest BCUT2D eigenvalue weighted by Gasteiger charge is 2.18. The van der Waals surface area contributed by atoms with E-state index in [9.17, 15) is 9.59 Å². The first-order valence-corrected chi connectivity index (χ1v) is 10.5. The fourth-order valence-corrected chi connectivity index (χ4v) is 4.90. The van der Waals surface area contributed by atoms with Gasteiger partial charge in [-0.05, 0) is 45.4 Å². The Kier molecular flexibility index (Phi) is 5.76. The molecule has 0 saturated heterocycles. The zero-order chi connectivity index (χ0) is 19.7. The largest absolute Gasteiger partial charge is 0.464 e. The van der Waals surface area contributed by atoms with Gasteiger partial charge in [0.05, 0.1) is 17.7 Å². The molecule has 0 N–H and O–H groups in total. The van der Waals surface area contributed by atoms with Crippen molar-refractivity contribution >= 4 is 39.2 Å². The van der Waals surface area contributed by atoms with E-state index in [1.54, 1.807) is 16.5 Å². The minimum atomic E-state index is -0.0374. The number of carbonyl (C=O) groups is 1. The first-order chi connectivity index (χ1) is 12.8. The molecule has 6 nitrogen and oxygen atoms in total. The molecule has 3 rings (SSSR count). The Bertz CT molecular complexity index is 1050. The lowest BCUT2D eigenvalue weighted by atomic mass is 10.2. The quantitative estimate of drug-likeness (QED) is 0.461. The molecule has 3 heterocycles. The number of aryl methyl sites for hydroxylation is 3. The molecule has 0 atom stereocenters. The molecular formula is C19H23N3O3S2. The van der Waals surface area contributed by atoms with Gasteiger partial charge < -0.3 is 9.32 Å². The van der Waals surface area contributed by atoms with Crippen LogP contribution in [0, 0.1) is 20.8 Å². The van der Waals surface area contributed by atoms with E-state index >= 15 is 0 Å². The van der Waals surface area contributed by atoms with E-state index in [1.807, 2.05) is 39.8 Å². The third kappa shape index (κ3) is 3.96. The van der Waals surface area contributed by atoms with Crippen LogP contribution in [-0.4, -0.2) is 33.2 Å². The summed E-state index contributed by atoms with van der Waals surface area (Å²) in [6, 6.07) is 3.75. The van der Waals surface area contributed by atoms with E-state index in [0.717, 1.165) is 26.8 Å². The van der Waals surface area contributed by atoms with E-state index in [1.165, 1.54) is 23.1 Å². The highest BCUT2D eigenvalue weighted by atomic mass is 32.2. The maximum atomic E-state index is 12.8. The van der Waals surface area contributed by atoms with E-state index in [-0.39, 0.29) is 17.2 Å². The number of thiophene rings is 1. The monoisotopic (exact) mass is 405 g/mol. The lowest BCUT2D eigenvalue weighted by molar-refractivity contribution is -0.127. The Balaban J connectivity index is 1.78. The van der Waals surface area contributed by atoms with Crippen molar-refractivity contribution in [2.45, 2.75) is 45.9 Å². The highest BCUT2D eigenvalue weighted by Crippen LogP contribution is 2.28. The van der Waals surface area contributed by atoms with Gasteiger partial charge in [0.2, 0.25) is 5.91 Å². The Morgan fingerprint density at radius 3 is 2.70 bits per heavy atom. The highest BCUT2D eigenvalue weighted by molar-refractivity contribution is 7.99. The van der Waals surface area contributed by atoms with E-state index < -0.39 is 0 Å². The van der Waals surface area contributed by atoms with Crippen LogP contribution in [0.25, 0.3) is 10.2 Å². The topological polar surface area (TPSA) is 68.3 Å². The fraction of sp³-hybridized carbons (Fsp3) is 0.421. The molecule has 0 aliphatic carbocycles. The molecule has 0 aliphatic rings. The molecule has 3 aromatic rings. The summed E-state index contributed by atoms with van der Waals surface area (Å²) >= 11 is 2.83. The van der Waals surface area contributed by atoms with Crippen molar-refractivity contribution in [1.29, 1.82) is 0 Å². The molecule has 144 valence electrons. The number of carbonyl (C=O) groups excluding carboxylic acids is 1. The maximum Gasteiger partial charge on any atom is 0.263 e. The van der Waals surface area contributed by atoms with Crippen LogP contribution in [0.4, 0.5) is 0 Å². The summed E-state index contributed by atoms with van der Waals surface area (Å²) in [5, 5.41) is 1.28. The Morgan fingerprint density at radius 1 is 1.33 bits per heavy atom. The van der Waals surface area contributed by atoms with Crippen LogP contribution < -0.4 is 5.56 Å². The van der Waals surface area contributed by atoms with Gasteiger partial charge in [0.1, 0.15) is 16.4 Å². The lowest BCUT2D eigenvalue weighted by Crippen LogP contribution is -2.28. The van der Waals surface area contributed by atoms with Gasteiger partial charge in [0, 0.05) is 18.5 Å². The smallest absolute Gasteiger partial charge is 0.263 e. The van der Waals surface area contributed by atoms with E-state index in [0.29, 0.717) is 23.6 Å². The predicted octanol–water partition coefficient (Wildman–Crippen LogP) is 3.75. The third-order valence-electron chi connectivity index (χ3n) is 4.51. The van der Waals surface area contributed by atoms with Gasteiger partial charge in [-0.1, -0.05) is 11.8 Å². The molecule has 0 saturated carbocycles. The number of fused-ring (bicyclic) bond motifs is 1. The Morgan fingerprint density at radius 2 is 2.07 bits per heavy atom. The molecular weight excluding hydrogens is 382 g/mol. The number of rotatable bonds is 6. The van der Waals surface area contributed by atoms with Crippen molar-refractivity contribution in [3.8, 4) is 0 Å². The number of nitrogens with zero attached hydrogens (tertiary/aromatic N) is 3. The summed E-state index contributed by atoms with van der Waals surface area (Å²) in [4.78, 5) is 33.5. The van der Waals surface area contributed by atoms with Gasteiger partial charge in [-0.2, -0.15) is 0 Å². The van der Waals surface area contributed by atoms with E-state index in [4.69, 9.17) is 4.42 Å². The summed E-state index contributed by atoms with van der Waals surface area (Å²) in [7, 11) is 1.75. The summed E-state index contributed by atoms with van der Waals surface area (Å²) < 4.78 is 7.17. The molecule has 27 heavy (non-hydrogen) atoms. The van der Waals surface area contributed by atoms with Gasteiger partial charge in [0.25, 0.3) is 5.56 Å². The summed E-state index contributed by atoms with van der Waals surface area (Å²) in [6.45, 7) is 8.69. The lowest BCUT2D eigenvalue weighted by Gasteiger charge is -2.16. The Hall–Kier alpha value is -2.06. The molecule has 0 aliphatic heterocycles. The van der Waals surface area contributed by atoms with Crippen LogP contribution >= 0.6 is 23.1 Å². The molecule has 0 aromatic carbocycles. The number of aromatic nitrogens is 2. The number of thioether (sulfide) groups is 1. The maximum absolute atomic E-state index is 12.8. The second-order valence-electron chi connectivity index (χ2n) is 6.46. The van der Waals surface area contributed by atoms with Crippen molar-refractivity contribution in [2.75, 3.05) is 12.8 Å². The van der Waals surface area contributed by atoms with Crippen LogP contribution in [0.5, 0.6) is 0 Å². The SMILES string of the molecule is CCn1c(SCC(=O)N(C)Cc2ccc(C)o2)nc2sc(C)c(C)c2c1=O. The third-order valence-corrected chi connectivity index (χ3v) is 6.57. The fourth-order valence-electron chi connectivity index (χ4n) is 2.83. The minimum Gasteiger partial charge on any atom is -0.464 e. The number of furan rings is 1. The van der Waals surface area contributed by atoms with Crippen LogP contribution in [0.3, 0.4) is 0 Å². The molecule has 0 unspecified atom stereocenters. The molecule has 0 spiro atoms. The molecule has 0 bridgehead atoms. The minimum absolute atomic E-state index is 0.0290.